The van der Waals surface area contributed by atoms with Crippen LogP contribution < -0.4 is 5.56 Å². The molecule has 5 heteroatoms. The van der Waals surface area contributed by atoms with E-state index in [0.29, 0.717) is 0 Å². The second-order valence-corrected chi connectivity index (χ2v) is 3.83. The molecular formula is C13H11NO4. The van der Waals surface area contributed by atoms with Crippen LogP contribution in [0.3, 0.4) is 0 Å². The van der Waals surface area contributed by atoms with Crippen molar-refractivity contribution in [1.29, 1.82) is 0 Å². The minimum absolute atomic E-state index is 0.144. The molecule has 92 valence electrons. The zero-order valence-corrected chi connectivity index (χ0v) is 9.41. The van der Waals surface area contributed by atoms with Gasteiger partial charge >= 0.3 is 5.97 Å². The molecule has 0 amide bonds. The summed E-state index contributed by atoms with van der Waals surface area (Å²) >= 11 is 0. The molecule has 0 saturated heterocycles. The van der Waals surface area contributed by atoms with E-state index in [2.05, 4.69) is 0 Å². The van der Waals surface area contributed by atoms with Crippen LogP contribution in [0, 0.1) is 0 Å². The Bertz CT molecular complexity index is 628. The number of carboxylic acid groups (broad SMARTS) is 1. The predicted molar refractivity (Wildman–Crippen MR) is 64.9 cm³/mol. The summed E-state index contributed by atoms with van der Waals surface area (Å²) in [5.74, 6) is -1.09. The Kier molecular flexibility index (Phi) is 3.14. The Balaban J connectivity index is 2.35. The maximum absolute atomic E-state index is 11.8. The number of rotatable bonds is 3. The lowest BCUT2D eigenvalue weighted by molar-refractivity contribution is 0.0694. The molecule has 5 nitrogen and oxygen atoms in total. The molecule has 1 heterocycles. The molecule has 0 bridgehead atoms. The number of phenols is 1. The lowest BCUT2D eigenvalue weighted by Crippen LogP contribution is -2.25. The van der Waals surface area contributed by atoms with Gasteiger partial charge in [-0.3, -0.25) is 4.79 Å². The monoisotopic (exact) mass is 245 g/mol. The maximum atomic E-state index is 11.8. The number of hydrogen-bond acceptors (Lipinski definition) is 3. The summed E-state index contributed by atoms with van der Waals surface area (Å²) in [7, 11) is 0. The predicted octanol–water partition coefficient (Wildman–Crippen LogP) is 1.30. The van der Waals surface area contributed by atoms with Crippen LogP contribution in [0.2, 0.25) is 0 Å². The fourth-order valence-corrected chi connectivity index (χ4v) is 1.62. The summed E-state index contributed by atoms with van der Waals surface area (Å²) in [6.45, 7) is 0.264. The van der Waals surface area contributed by atoms with Crippen molar-refractivity contribution >= 4 is 5.97 Å². The third kappa shape index (κ3) is 2.40. The van der Waals surface area contributed by atoms with E-state index in [1.165, 1.54) is 35.0 Å². The first-order chi connectivity index (χ1) is 8.58. The Morgan fingerprint density at radius 1 is 1.17 bits per heavy atom. The third-order valence-electron chi connectivity index (χ3n) is 2.54. The number of nitrogens with zero attached hydrogens (tertiary/aromatic N) is 1. The molecule has 1 aromatic heterocycles. The van der Waals surface area contributed by atoms with E-state index in [1.54, 1.807) is 12.1 Å². The molecule has 2 aromatic rings. The van der Waals surface area contributed by atoms with Gasteiger partial charge in [-0.15, -0.1) is 0 Å². The van der Waals surface area contributed by atoms with E-state index in [-0.39, 0.29) is 17.9 Å². The lowest BCUT2D eigenvalue weighted by atomic mass is 10.2. The van der Waals surface area contributed by atoms with Crippen LogP contribution in [0.5, 0.6) is 5.75 Å². The van der Waals surface area contributed by atoms with Crippen LogP contribution in [-0.2, 0) is 6.54 Å². The Hall–Kier alpha value is -2.56. The highest BCUT2D eigenvalue weighted by molar-refractivity contribution is 5.86. The van der Waals surface area contributed by atoms with E-state index in [0.717, 1.165) is 5.56 Å². The topological polar surface area (TPSA) is 79.5 Å². The fourth-order valence-electron chi connectivity index (χ4n) is 1.62. The number of phenolic OH excluding ortho intramolecular Hbond substituents is 1. The highest BCUT2D eigenvalue weighted by atomic mass is 16.4. The Labute approximate surface area is 103 Å². The lowest BCUT2D eigenvalue weighted by Gasteiger charge is -2.06. The summed E-state index contributed by atoms with van der Waals surface area (Å²) in [4.78, 5) is 22.6. The quantitative estimate of drug-likeness (QED) is 0.854. The molecule has 0 atom stereocenters. The van der Waals surface area contributed by atoms with Crippen LogP contribution in [0.15, 0.2) is 47.4 Å². The van der Waals surface area contributed by atoms with Gasteiger partial charge in [-0.2, -0.15) is 0 Å². The summed E-state index contributed by atoms with van der Waals surface area (Å²) in [6, 6.07) is 9.18. The standard InChI is InChI=1S/C13H11NO4/c15-10-5-3-9(4-6-10)8-14-7-1-2-11(12(14)16)13(17)18/h1-7,15H,8H2,(H,17,18). The Morgan fingerprint density at radius 2 is 1.83 bits per heavy atom. The van der Waals surface area contributed by atoms with E-state index in [4.69, 9.17) is 10.2 Å². The Morgan fingerprint density at radius 3 is 2.44 bits per heavy atom. The van der Waals surface area contributed by atoms with Gasteiger partial charge in [0.15, 0.2) is 0 Å². The molecule has 0 unspecified atom stereocenters. The summed E-state index contributed by atoms with van der Waals surface area (Å²) in [5.41, 5.74) is 0.00629. The minimum atomic E-state index is -1.24. The van der Waals surface area contributed by atoms with E-state index in [1.807, 2.05) is 0 Å². The number of carboxylic acids is 1. The highest BCUT2D eigenvalue weighted by Crippen LogP contribution is 2.10. The van der Waals surface area contributed by atoms with Crippen molar-refractivity contribution in [2.24, 2.45) is 0 Å². The normalized spacial score (nSPS) is 10.2. The molecule has 0 aliphatic carbocycles. The second kappa shape index (κ2) is 4.75. The molecule has 2 rings (SSSR count). The zero-order valence-electron chi connectivity index (χ0n) is 9.41. The van der Waals surface area contributed by atoms with Gasteiger partial charge in [-0.1, -0.05) is 12.1 Å². The first-order valence-corrected chi connectivity index (χ1v) is 5.28. The van der Waals surface area contributed by atoms with Crippen LogP contribution in [0.1, 0.15) is 15.9 Å². The molecular weight excluding hydrogens is 234 g/mol. The van der Waals surface area contributed by atoms with Crippen LogP contribution in [0.25, 0.3) is 0 Å². The number of aromatic hydroxyl groups is 1. The molecule has 0 fully saturated rings. The highest BCUT2D eigenvalue weighted by Gasteiger charge is 2.09. The molecule has 0 aliphatic heterocycles. The molecule has 18 heavy (non-hydrogen) atoms. The molecule has 0 spiro atoms. The average molecular weight is 245 g/mol. The van der Waals surface area contributed by atoms with Gasteiger partial charge in [-0.05, 0) is 29.8 Å². The number of carbonyl (C=O) groups is 1. The van der Waals surface area contributed by atoms with Gasteiger partial charge in [0.2, 0.25) is 0 Å². The van der Waals surface area contributed by atoms with E-state index >= 15 is 0 Å². The van der Waals surface area contributed by atoms with Gasteiger partial charge in [-0.25, -0.2) is 4.79 Å². The number of hydrogen-bond donors (Lipinski definition) is 2. The smallest absolute Gasteiger partial charge is 0.341 e. The number of aromatic carboxylic acids is 1. The van der Waals surface area contributed by atoms with Crippen molar-refractivity contribution in [2.75, 3.05) is 0 Å². The van der Waals surface area contributed by atoms with E-state index < -0.39 is 11.5 Å². The molecule has 2 N–H and O–H groups in total. The molecule has 1 aromatic carbocycles. The van der Waals surface area contributed by atoms with Crippen molar-refractivity contribution < 1.29 is 15.0 Å². The second-order valence-electron chi connectivity index (χ2n) is 3.83. The van der Waals surface area contributed by atoms with Crippen molar-refractivity contribution in [3.05, 3.63) is 64.1 Å². The van der Waals surface area contributed by atoms with Crippen molar-refractivity contribution in [3.63, 3.8) is 0 Å². The molecule has 0 aliphatic rings. The van der Waals surface area contributed by atoms with Gasteiger partial charge < -0.3 is 14.8 Å². The first-order valence-electron chi connectivity index (χ1n) is 5.28. The minimum Gasteiger partial charge on any atom is -0.508 e. The summed E-state index contributed by atoms with van der Waals surface area (Å²) in [6.07, 6.45) is 1.53. The van der Waals surface area contributed by atoms with Gasteiger partial charge in [0, 0.05) is 6.20 Å². The zero-order chi connectivity index (χ0) is 13.1. The summed E-state index contributed by atoms with van der Waals surface area (Å²) in [5, 5.41) is 18.0. The first kappa shape index (κ1) is 11.9. The SMILES string of the molecule is O=C(O)c1cccn(Cc2ccc(O)cc2)c1=O. The number of pyridine rings is 1. The van der Waals surface area contributed by atoms with Crippen molar-refractivity contribution in [2.45, 2.75) is 6.54 Å². The van der Waals surface area contributed by atoms with Crippen LogP contribution in [-0.4, -0.2) is 20.7 Å². The fraction of sp³-hybridized carbons (Fsp3) is 0.0769. The van der Waals surface area contributed by atoms with Crippen LogP contribution >= 0.6 is 0 Å². The maximum Gasteiger partial charge on any atom is 0.341 e. The van der Waals surface area contributed by atoms with Gasteiger partial charge in [0.05, 0.1) is 6.54 Å². The third-order valence-corrected chi connectivity index (χ3v) is 2.54. The van der Waals surface area contributed by atoms with Crippen molar-refractivity contribution in [1.82, 2.24) is 4.57 Å². The van der Waals surface area contributed by atoms with E-state index in [9.17, 15) is 9.59 Å². The largest absolute Gasteiger partial charge is 0.508 e. The average Bonchev–Trinajstić information content (AvgIpc) is 2.34. The van der Waals surface area contributed by atoms with Crippen LogP contribution in [0.4, 0.5) is 0 Å². The summed E-state index contributed by atoms with van der Waals surface area (Å²) < 4.78 is 1.32. The molecule has 0 radical (unpaired) electrons. The number of benzene rings is 1. The van der Waals surface area contributed by atoms with Crippen molar-refractivity contribution in [3.8, 4) is 5.75 Å². The molecule has 0 saturated carbocycles. The number of aromatic nitrogens is 1. The van der Waals surface area contributed by atoms with Gasteiger partial charge in [0.1, 0.15) is 11.3 Å². The van der Waals surface area contributed by atoms with Gasteiger partial charge in [0.25, 0.3) is 5.56 Å².